The molecule has 0 atom stereocenters. The first-order valence-electron chi connectivity index (χ1n) is 4.63. The van der Waals surface area contributed by atoms with E-state index in [4.69, 9.17) is 23.2 Å². The molecule has 0 radical (unpaired) electrons. The third-order valence-electron chi connectivity index (χ3n) is 1.87. The number of ether oxygens (including phenoxy) is 2. The van der Waals surface area contributed by atoms with E-state index in [-0.39, 0.29) is 0 Å². The summed E-state index contributed by atoms with van der Waals surface area (Å²) in [6.07, 6.45) is -1.93. The van der Waals surface area contributed by atoms with Gasteiger partial charge >= 0.3 is 16.4 Å². The van der Waals surface area contributed by atoms with Crippen molar-refractivity contribution >= 4 is 29.4 Å². The zero-order valence-corrected chi connectivity index (χ0v) is 11.5. The number of alkyl halides is 2. The van der Waals surface area contributed by atoms with Crippen molar-refractivity contribution in [1.29, 1.82) is 0 Å². The fraction of sp³-hybridized carbons (Fsp3) is 0.800. The number of hydrogen-bond donors (Lipinski definition) is 0. The van der Waals surface area contributed by atoms with Gasteiger partial charge in [0.25, 0.3) is 13.2 Å². The Hall–Kier alpha value is -2.55. The molecule has 0 aliphatic heterocycles. The van der Waals surface area contributed by atoms with Crippen LogP contribution in [0.4, 0.5) is 4.79 Å². The van der Waals surface area contributed by atoms with Gasteiger partial charge in [-0.2, -0.15) is 0 Å². The van der Waals surface area contributed by atoms with Crippen molar-refractivity contribution in [3.8, 4) is 0 Å². The van der Waals surface area contributed by atoms with E-state index in [1.54, 1.807) is 0 Å². The van der Waals surface area contributed by atoms with Crippen molar-refractivity contribution in [3.63, 3.8) is 0 Å². The maximum atomic E-state index is 11.0. The summed E-state index contributed by atoms with van der Waals surface area (Å²) < 4.78 is 7.81. The van der Waals surface area contributed by atoms with Crippen LogP contribution in [0.5, 0.6) is 0 Å². The van der Waals surface area contributed by atoms with Crippen molar-refractivity contribution in [2.24, 2.45) is 0 Å². The number of rotatable bonds is 8. The smallest absolute Gasteiger partial charge is 0.417 e. The van der Waals surface area contributed by atoms with Gasteiger partial charge in [0.15, 0.2) is 0 Å². The minimum absolute atomic E-state index is 1.58. The first-order valence-corrected chi connectivity index (χ1v) is 5.39. The molecule has 0 aliphatic carbocycles. The van der Waals surface area contributed by atoms with Crippen LogP contribution in [-0.4, -0.2) is 49.3 Å². The van der Waals surface area contributed by atoms with Crippen LogP contribution in [0.1, 0.15) is 0 Å². The first kappa shape index (κ1) is 19.4. The molecule has 0 rings (SSSR count). The zero-order chi connectivity index (χ0) is 17.7. The fourth-order valence-corrected chi connectivity index (χ4v) is 0.796. The van der Waals surface area contributed by atoms with Crippen LogP contribution in [0, 0.1) is 40.5 Å². The number of carbonyl (C=O) groups is 1. The lowest BCUT2D eigenvalue weighted by atomic mass is 10.5. The number of nitrogens with zero attached hydrogens (tertiary/aromatic N) is 4. The number of halogens is 2. The molecular weight excluding hydrogens is 363 g/mol. The van der Waals surface area contributed by atoms with E-state index in [0.29, 0.717) is 0 Å². The highest BCUT2D eigenvalue weighted by atomic mass is 35.5. The molecule has 0 bridgehead atoms. The van der Waals surface area contributed by atoms with Crippen LogP contribution >= 0.6 is 23.2 Å². The molecule has 22 heavy (non-hydrogen) atoms. The van der Waals surface area contributed by atoms with Gasteiger partial charge in [-0.25, -0.2) is 4.79 Å². The molecule has 0 unspecified atom stereocenters. The molecule has 124 valence electrons. The van der Waals surface area contributed by atoms with Gasteiger partial charge < -0.3 is 9.47 Å². The van der Waals surface area contributed by atoms with E-state index in [1.807, 2.05) is 0 Å². The van der Waals surface area contributed by atoms with Gasteiger partial charge in [0.2, 0.25) is 0 Å². The van der Waals surface area contributed by atoms with Crippen molar-refractivity contribution < 1.29 is 34.0 Å². The van der Waals surface area contributed by atoms with Crippen LogP contribution in [-0.2, 0) is 9.47 Å². The zero-order valence-electron chi connectivity index (χ0n) is 9.95. The molecule has 0 aliphatic rings. The molecule has 0 N–H and O–H groups in total. The van der Waals surface area contributed by atoms with Gasteiger partial charge in [-0.15, -0.1) is 0 Å². The van der Waals surface area contributed by atoms with E-state index in [9.17, 15) is 45.3 Å². The average Bonchev–Trinajstić information content (AvgIpc) is 2.40. The SMILES string of the molecule is O=C(OCC(Cl)([N+](=O)[O-])[N+](=O)[O-])OCC(Cl)([N+](=O)[O-])[N+](=O)[O-]. The summed E-state index contributed by atoms with van der Waals surface area (Å²) in [5, 5.41) is 34.7. The lowest BCUT2D eigenvalue weighted by Crippen LogP contribution is -2.47. The number of hydrogen-bond acceptors (Lipinski definition) is 11. The monoisotopic (exact) mass is 366 g/mol. The summed E-state index contributed by atoms with van der Waals surface area (Å²) in [5.41, 5.74) is 0. The molecule has 0 aromatic heterocycles. The highest BCUT2D eigenvalue weighted by molar-refractivity contribution is 6.21. The third kappa shape index (κ3) is 4.22. The molecule has 15 nitrogen and oxygen atoms in total. The largest absolute Gasteiger partial charge is 0.570 e. The Morgan fingerprint density at radius 3 is 1.18 bits per heavy atom. The number of carbonyl (C=O) groups excluding carboxylic acids is 1. The predicted octanol–water partition coefficient (Wildman–Crippen LogP) is 0.0316. The summed E-state index contributed by atoms with van der Waals surface area (Å²) in [6.45, 7) is -3.22. The summed E-state index contributed by atoms with van der Waals surface area (Å²) >= 11 is 9.94. The van der Waals surface area contributed by atoms with Crippen LogP contribution in [0.2, 0.25) is 0 Å². The summed E-state index contributed by atoms with van der Waals surface area (Å²) in [6, 6.07) is 0. The maximum Gasteiger partial charge on any atom is 0.570 e. The van der Waals surface area contributed by atoms with E-state index < -0.39 is 49.3 Å². The van der Waals surface area contributed by atoms with Gasteiger partial charge in [-0.05, 0) is 0 Å². The second-order valence-corrected chi connectivity index (χ2v) is 4.50. The van der Waals surface area contributed by atoms with Crippen molar-refractivity contribution in [2.45, 2.75) is 10.2 Å². The fourth-order valence-electron chi connectivity index (χ4n) is 0.687. The standard InChI is InChI=1S/C5H4Cl2N4O11/c6-4(8(13)14,9(15)16)1-21-3(12)22-2-5(7,10(17)18)11(19)20/h1-2H2. The van der Waals surface area contributed by atoms with Crippen LogP contribution in [0.3, 0.4) is 0 Å². The molecular formula is C5H4Cl2N4O11. The molecule has 0 saturated carbocycles. The third-order valence-corrected chi connectivity index (χ3v) is 2.64. The van der Waals surface area contributed by atoms with E-state index in [1.165, 1.54) is 0 Å². The Morgan fingerprint density at radius 1 is 0.773 bits per heavy atom. The Balaban J connectivity index is 4.72. The topological polar surface area (TPSA) is 208 Å². The van der Waals surface area contributed by atoms with Gasteiger partial charge in [-0.3, -0.25) is 40.5 Å². The molecule has 0 amide bonds. The summed E-state index contributed by atoms with van der Waals surface area (Å²) in [4.78, 5) is 46.1. The molecule has 0 heterocycles. The summed E-state index contributed by atoms with van der Waals surface area (Å²) in [7, 11) is 0. The molecule has 0 fully saturated rings. The first-order chi connectivity index (χ1) is 9.87. The van der Waals surface area contributed by atoms with Crippen LogP contribution < -0.4 is 0 Å². The van der Waals surface area contributed by atoms with Gasteiger partial charge in [-0.1, -0.05) is 0 Å². The molecule has 0 aromatic carbocycles. The lowest BCUT2D eigenvalue weighted by molar-refractivity contribution is -0.768. The minimum Gasteiger partial charge on any atom is -0.417 e. The molecule has 0 aromatic rings. The summed E-state index contributed by atoms with van der Waals surface area (Å²) in [5.74, 6) is 0. The Bertz CT molecular complexity index is 451. The van der Waals surface area contributed by atoms with Crippen molar-refractivity contribution in [3.05, 3.63) is 40.5 Å². The predicted molar refractivity (Wildman–Crippen MR) is 62.4 cm³/mol. The van der Waals surface area contributed by atoms with Gasteiger partial charge in [0, 0.05) is 0 Å². The highest BCUT2D eigenvalue weighted by Crippen LogP contribution is 2.19. The minimum atomic E-state index is -3.41. The Labute approximate surface area is 128 Å². The molecule has 0 spiro atoms. The maximum absolute atomic E-state index is 11.0. The van der Waals surface area contributed by atoms with Crippen LogP contribution in [0.25, 0.3) is 0 Å². The van der Waals surface area contributed by atoms with Crippen molar-refractivity contribution in [1.82, 2.24) is 0 Å². The van der Waals surface area contributed by atoms with E-state index >= 15 is 0 Å². The average molecular weight is 367 g/mol. The second-order valence-electron chi connectivity index (χ2n) is 3.29. The normalized spacial score (nSPS) is 11.4. The molecule has 0 saturated heterocycles. The van der Waals surface area contributed by atoms with Crippen molar-refractivity contribution in [2.75, 3.05) is 13.2 Å². The quantitative estimate of drug-likeness (QED) is 0.139. The van der Waals surface area contributed by atoms with Gasteiger partial charge in [0.1, 0.15) is 19.7 Å². The number of nitro groups is 4. The Morgan fingerprint density at radius 2 is 1.00 bits per heavy atom. The second kappa shape index (κ2) is 6.94. The van der Waals surface area contributed by atoms with E-state index in [0.717, 1.165) is 0 Å². The molecule has 17 heteroatoms. The van der Waals surface area contributed by atoms with Gasteiger partial charge in [0.05, 0.1) is 23.2 Å². The lowest BCUT2D eigenvalue weighted by Gasteiger charge is -2.12. The van der Waals surface area contributed by atoms with E-state index in [2.05, 4.69) is 9.47 Å². The Kier molecular flexibility index (Phi) is 6.14. The van der Waals surface area contributed by atoms with Crippen LogP contribution in [0.15, 0.2) is 0 Å². The highest BCUT2D eigenvalue weighted by Gasteiger charge is 2.58.